The molecule has 0 spiro atoms. The summed E-state index contributed by atoms with van der Waals surface area (Å²) in [6.45, 7) is 0. The monoisotopic (exact) mass is 403 g/mol. The van der Waals surface area contributed by atoms with Crippen LogP contribution in [0.5, 0.6) is 11.5 Å². The topological polar surface area (TPSA) is 61.3 Å². The molecule has 0 saturated heterocycles. The first-order valence-electron chi connectivity index (χ1n) is 10.5. The van der Waals surface area contributed by atoms with E-state index in [0.717, 1.165) is 43.1 Å². The number of rotatable bonds is 5. The van der Waals surface area contributed by atoms with Gasteiger partial charge in [-0.3, -0.25) is 14.8 Å². The molecule has 1 aliphatic carbocycles. The zero-order chi connectivity index (χ0) is 20.9. The van der Waals surface area contributed by atoms with Crippen LogP contribution in [0.4, 0.5) is 0 Å². The average molecular weight is 404 g/mol. The van der Waals surface area contributed by atoms with Crippen LogP contribution in [0.3, 0.4) is 0 Å². The van der Waals surface area contributed by atoms with Crippen molar-refractivity contribution in [1.29, 1.82) is 0 Å². The molecule has 0 N–H and O–H groups in total. The number of carbonyl (C=O) groups excluding carboxylic acids is 1. The van der Waals surface area contributed by atoms with Crippen molar-refractivity contribution in [2.75, 3.05) is 14.2 Å². The van der Waals surface area contributed by atoms with E-state index < -0.39 is 0 Å². The van der Waals surface area contributed by atoms with Gasteiger partial charge in [-0.2, -0.15) is 0 Å². The van der Waals surface area contributed by atoms with Crippen molar-refractivity contribution in [3.05, 3.63) is 66.3 Å². The number of methoxy groups -OCH3 is 2. The van der Waals surface area contributed by atoms with Gasteiger partial charge in [0.25, 0.3) is 0 Å². The summed E-state index contributed by atoms with van der Waals surface area (Å²) in [5.74, 6) is 1.46. The Hall–Kier alpha value is -2.95. The van der Waals surface area contributed by atoms with Crippen molar-refractivity contribution in [2.24, 2.45) is 5.92 Å². The summed E-state index contributed by atoms with van der Waals surface area (Å²) >= 11 is 0. The molecule has 0 amide bonds. The van der Waals surface area contributed by atoms with Crippen LogP contribution in [0.25, 0.3) is 11.0 Å². The van der Waals surface area contributed by atoms with Gasteiger partial charge in [0.05, 0.1) is 25.3 Å². The smallest absolute Gasteiger partial charge is 0.173 e. The van der Waals surface area contributed by atoms with Crippen LogP contribution in [0.1, 0.15) is 53.9 Å². The van der Waals surface area contributed by atoms with Gasteiger partial charge in [-0.15, -0.1) is 0 Å². The third-order valence-electron chi connectivity index (χ3n) is 6.00. The van der Waals surface area contributed by atoms with E-state index in [1.807, 2.05) is 24.3 Å². The second-order valence-corrected chi connectivity index (χ2v) is 7.77. The molecule has 2 unspecified atom stereocenters. The van der Waals surface area contributed by atoms with Gasteiger partial charge < -0.3 is 9.47 Å². The highest BCUT2D eigenvalue weighted by Crippen LogP contribution is 2.37. The van der Waals surface area contributed by atoms with Crippen molar-refractivity contribution >= 4 is 16.8 Å². The van der Waals surface area contributed by atoms with Crippen molar-refractivity contribution in [2.45, 2.75) is 38.0 Å². The fraction of sp³-hybridized carbons (Fsp3) is 0.360. The van der Waals surface area contributed by atoms with Crippen LogP contribution < -0.4 is 9.47 Å². The van der Waals surface area contributed by atoms with E-state index in [1.54, 1.807) is 26.6 Å². The lowest BCUT2D eigenvalue weighted by Gasteiger charge is -2.25. The second kappa shape index (κ2) is 9.24. The largest absolute Gasteiger partial charge is 0.496 e. The van der Waals surface area contributed by atoms with E-state index in [9.17, 15) is 4.79 Å². The molecule has 5 nitrogen and oxygen atoms in total. The fourth-order valence-corrected chi connectivity index (χ4v) is 4.37. The SMILES string of the molecule is COc1cccc(OC)c1C(=O)C1[CH]CC(c2ccc3nccnc3c2)CCCC1. The van der Waals surface area contributed by atoms with E-state index in [4.69, 9.17) is 9.47 Å². The highest BCUT2D eigenvalue weighted by atomic mass is 16.5. The van der Waals surface area contributed by atoms with Crippen LogP contribution >= 0.6 is 0 Å². The number of Topliss-reactive ketones (excluding diaryl/α,β-unsaturated/α-hetero) is 1. The highest BCUT2D eigenvalue weighted by molar-refractivity contribution is 6.03. The van der Waals surface area contributed by atoms with Gasteiger partial charge in [0.1, 0.15) is 17.1 Å². The van der Waals surface area contributed by atoms with Crippen LogP contribution in [0.15, 0.2) is 48.8 Å². The lowest BCUT2D eigenvalue weighted by atomic mass is 9.79. The number of hydrogen-bond donors (Lipinski definition) is 0. The minimum absolute atomic E-state index is 0.0781. The average Bonchev–Trinajstić information content (AvgIpc) is 2.78. The summed E-state index contributed by atoms with van der Waals surface area (Å²) in [7, 11) is 3.18. The van der Waals surface area contributed by atoms with Gasteiger partial charge in [-0.1, -0.05) is 25.0 Å². The molecule has 0 aliphatic heterocycles. The Kier molecular flexibility index (Phi) is 6.26. The Morgan fingerprint density at radius 2 is 1.63 bits per heavy atom. The van der Waals surface area contributed by atoms with Crippen LogP contribution in [0, 0.1) is 12.3 Å². The Morgan fingerprint density at radius 3 is 2.37 bits per heavy atom. The number of hydrogen-bond acceptors (Lipinski definition) is 5. The maximum Gasteiger partial charge on any atom is 0.173 e. The molecule has 30 heavy (non-hydrogen) atoms. The molecular formula is C25H27N2O3. The second-order valence-electron chi connectivity index (χ2n) is 7.77. The maximum atomic E-state index is 13.4. The van der Waals surface area contributed by atoms with Gasteiger partial charge in [0.15, 0.2) is 5.78 Å². The van der Waals surface area contributed by atoms with Crippen LogP contribution in [-0.2, 0) is 0 Å². The van der Waals surface area contributed by atoms with Crippen molar-refractivity contribution in [1.82, 2.24) is 9.97 Å². The Labute approximate surface area is 177 Å². The van der Waals surface area contributed by atoms with Gasteiger partial charge in [0, 0.05) is 18.3 Å². The predicted molar refractivity (Wildman–Crippen MR) is 117 cm³/mol. The lowest BCUT2D eigenvalue weighted by Crippen LogP contribution is -2.20. The zero-order valence-corrected chi connectivity index (χ0v) is 17.5. The summed E-state index contributed by atoms with van der Waals surface area (Å²) in [6.07, 6.45) is 10.6. The van der Waals surface area contributed by atoms with E-state index in [2.05, 4.69) is 28.5 Å². The summed E-state index contributed by atoms with van der Waals surface area (Å²) in [5.41, 5.74) is 3.64. The first-order valence-corrected chi connectivity index (χ1v) is 10.5. The van der Waals surface area contributed by atoms with Gasteiger partial charge >= 0.3 is 0 Å². The van der Waals surface area contributed by atoms with E-state index >= 15 is 0 Å². The Bertz CT molecular complexity index is 1010. The van der Waals surface area contributed by atoms with Crippen molar-refractivity contribution < 1.29 is 14.3 Å². The molecule has 1 radical (unpaired) electrons. The molecule has 2 aromatic carbocycles. The summed E-state index contributed by atoms with van der Waals surface area (Å²) in [6, 6.07) is 11.8. The fourth-order valence-electron chi connectivity index (χ4n) is 4.37. The maximum absolute atomic E-state index is 13.4. The van der Waals surface area contributed by atoms with Crippen molar-refractivity contribution in [3.63, 3.8) is 0 Å². The molecule has 155 valence electrons. The lowest BCUT2D eigenvalue weighted by molar-refractivity contribution is 0.0918. The first-order chi connectivity index (χ1) is 14.7. The van der Waals surface area contributed by atoms with Crippen LogP contribution in [-0.4, -0.2) is 30.0 Å². The number of benzene rings is 2. The number of carbonyl (C=O) groups is 1. The third kappa shape index (κ3) is 4.16. The predicted octanol–water partition coefficient (Wildman–Crippen LogP) is 5.40. The van der Waals surface area contributed by atoms with Crippen molar-refractivity contribution in [3.8, 4) is 11.5 Å². The molecule has 2 atom stereocenters. The number of nitrogens with zero attached hydrogens (tertiary/aromatic N) is 2. The molecule has 1 aliphatic rings. The molecule has 3 aromatic rings. The van der Waals surface area contributed by atoms with Gasteiger partial charge in [-0.05, 0) is 61.4 Å². The molecule has 0 bridgehead atoms. The Morgan fingerprint density at radius 1 is 0.933 bits per heavy atom. The molecule has 5 heteroatoms. The molecular weight excluding hydrogens is 376 g/mol. The van der Waals surface area contributed by atoms with E-state index in [0.29, 0.717) is 23.0 Å². The van der Waals surface area contributed by atoms with Gasteiger partial charge in [-0.25, -0.2) is 0 Å². The molecule has 1 aromatic heterocycles. The standard InChI is InChI=1S/C25H27N2O3/c1-29-22-8-5-9-23(30-2)24(22)25(28)18-7-4-3-6-17(10-11-18)19-12-13-20-21(16-19)27-15-14-26-20/h5,8-9,11-18H,3-4,6-7,10H2,1-2H3. The summed E-state index contributed by atoms with van der Waals surface area (Å²) in [5, 5.41) is 0. The number of ketones is 1. The van der Waals surface area contributed by atoms with E-state index in [-0.39, 0.29) is 11.7 Å². The third-order valence-corrected chi connectivity index (χ3v) is 6.00. The van der Waals surface area contributed by atoms with E-state index in [1.165, 1.54) is 5.56 Å². The minimum Gasteiger partial charge on any atom is -0.496 e. The highest BCUT2D eigenvalue weighted by Gasteiger charge is 2.28. The molecule has 1 saturated carbocycles. The zero-order valence-electron chi connectivity index (χ0n) is 17.5. The Balaban J connectivity index is 1.55. The molecule has 1 fully saturated rings. The summed E-state index contributed by atoms with van der Waals surface area (Å²) < 4.78 is 10.9. The molecule has 4 rings (SSSR count). The number of aromatic nitrogens is 2. The minimum atomic E-state index is -0.141. The normalized spacial score (nSPS) is 19.7. The molecule has 1 heterocycles. The summed E-state index contributed by atoms with van der Waals surface area (Å²) in [4.78, 5) is 22.2. The number of fused-ring (bicyclic) bond motifs is 1. The number of ether oxygens (including phenoxy) is 2. The van der Waals surface area contributed by atoms with Gasteiger partial charge in [0.2, 0.25) is 0 Å². The first kappa shape index (κ1) is 20.3. The quantitative estimate of drug-likeness (QED) is 0.534. The van der Waals surface area contributed by atoms with Crippen LogP contribution in [0.2, 0.25) is 0 Å².